The molecule has 2 rings (SSSR count). The Labute approximate surface area is 132 Å². The molecule has 2 N–H and O–H groups in total. The highest BCUT2D eigenvalue weighted by molar-refractivity contribution is 7.89. The summed E-state index contributed by atoms with van der Waals surface area (Å²) in [6.07, 6.45) is 0. The minimum atomic E-state index is -3.74. The van der Waals surface area contributed by atoms with Gasteiger partial charge in [0.25, 0.3) is 0 Å². The van der Waals surface area contributed by atoms with Crippen LogP contribution in [0.25, 0.3) is 0 Å². The molecule has 0 fully saturated rings. The van der Waals surface area contributed by atoms with Crippen LogP contribution in [0.4, 0.5) is 5.13 Å². The van der Waals surface area contributed by atoms with Gasteiger partial charge in [0.1, 0.15) is 10.6 Å². The fourth-order valence-electron chi connectivity index (χ4n) is 1.61. The molecule has 6 nitrogen and oxygen atoms in total. The van der Waals surface area contributed by atoms with Crippen LogP contribution in [0, 0.1) is 0 Å². The highest BCUT2D eigenvalue weighted by Gasteiger charge is 2.20. The van der Waals surface area contributed by atoms with Crippen LogP contribution in [0.5, 0.6) is 5.75 Å². The van der Waals surface area contributed by atoms with E-state index in [1.807, 2.05) is 0 Å². The van der Waals surface area contributed by atoms with Crippen molar-refractivity contribution >= 4 is 38.1 Å². The number of nitrogens with zero attached hydrogens (tertiary/aromatic N) is 1. The van der Waals surface area contributed by atoms with E-state index in [-0.39, 0.29) is 17.2 Å². The fourth-order valence-corrected chi connectivity index (χ4v) is 3.71. The average molecular weight is 348 g/mol. The number of thiazole rings is 1. The van der Waals surface area contributed by atoms with Crippen molar-refractivity contribution in [1.82, 2.24) is 9.71 Å². The normalized spacial score (nSPS) is 11.4. The Morgan fingerprint density at radius 2 is 2.19 bits per heavy atom. The van der Waals surface area contributed by atoms with E-state index >= 15 is 0 Å². The van der Waals surface area contributed by atoms with Crippen LogP contribution >= 0.6 is 22.9 Å². The first kappa shape index (κ1) is 16.0. The molecule has 0 spiro atoms. The number of aromatic nitrogens is 1. The molecule has 0 aliphatic rings. The van der Waals surface area contributed by atoms with E-state index in [0.717, 1.165) is 5.13 Å². The van der Waals surface area contributed by atoms with Crippen LogP contribution in [-0.2, 0) is 16.6 Å². The minimum absolute atomic E-state index is 0.00145. The van der Waals surface area contributed by atoms with Gasteiger partial charge in [-0.25, -0.2) is 18.1 Å². The third-order valence-electron chi connectivity index (χ3n) is 2.62. The fraction of sp³-hybridized carbons (Fsp3) is 0.250. The number of halogens is 1. The number of ether oxygens (including phenoxy) is 1. The topological polar surface area (TPSA) is 80.3 Å². The Morgan fingerprint density at radius 3 is 2.81 bits per heavy atom. The lowest BCUT2D eigenvalue weighted by molar-refractivity contribution is 0.402. The summed E-state index contributed by atoms with van der Waals surface area (Å²) in [6, 6.07) is 4.43. The maximum absolute atomic E-state index is 12.3. The Balaban J connectivity index is 2.20. The lowest BCUT2D eigenvalue weighted by atomic mass is 10.3. The molecule has 0 saturated heterocycles. The third-order valence-corrected chi connectivity index (χ3v) is 5.19. The summed E-state index contributed by atoms with van der Waals surface area (Å²) in [5.41, 5.74) is 0.633. The maximum atomic E-state index is 12.3. The molecule has 1 heterocycles. The van der Waals surface area contributed by atoms with Gasteiger partial charge in [-0.2, -0.15) is 0 Å². The number of sulfonamides is 1. The van der Waals surface area contributed by atoms with Crippen molar-refractivity contribution < 1.29 is 13.2 Å². The first-order chi connectivity index (χ1) is 9.96. The summed E-state index contributed by atoms with van der Waals surface area (Å²) in [4.78, 5) is 4.21. The first-order valence-electron chi connectivity index (χ1n) is 5.91. The number of hydrogen-bond acceptors (Lipinski definition) is 6. The number of methoxy groups -OCH3 is 1. The number of anilines is 1. The highest BCUT2D eigenvalue weighted by atomic mass is 35.5. The van der Waals surface area contributed by atoms with Crippen LogP contribution in [0.2, 0.25) is 5.02 Å². The summed E-state index contributed by atoms with van der Waals surface area (Å²) in [7, 11) is -0.578. The lowest BCUT2D eigenvalue weighted by Gasteiger charge is -2.10. The second-order valence-corrected chi connectivity index (χ2v) is 7.04. The van der Waals surface area contributed by atoms with Crippen molar-refractivity contribution in [2.24, 2.45) is 0 Å². The van der Waals surface area contributed by atoms with Gasteiger partial charge in [-0.05, 0) is 18.2 Å². The molecule has 0 amide bonds. The van der Waals surface area contributed by atoms with Crippen LogP contribution in [0.3, 0.4) is 0 Å². The van der Waals surface area contributed by atoms with Crippen LogP contribution in [0.15, 0.2) is 28.5 Å². The largest absolute Gasteiger partial charge is 0.495 e. The second kappa shape index (κ2) is 6.61. The molecule has 0 saturated carbocycles. The highest BCUT2D eigenvalue weighted by Crippen LogP contribution is 2.27. The number of nitrogens with one attached hydrogen (secondary N) is 2. The zero-order chi connectivity index (χ0) is 15.5. The summed E-state index contributed by atoms with van der Waals surface area (Å²) in [5.74, 6) is 0.237. The molecule has 0 radical (unpaired) electrons. The third kappa shape index (κ3) is 3.85. The molecular formula is C12H14ClN3O3S2. The summed E-state index contributed by atoms with van der Waals surface area (Å²) < 4.78 is 32.2. The van der Waals surface area contributed by atoms with Crippen molar-refractivity contribution in [1.29, 1.82) is 0 Å². The summed E-state index contributed by atoms with van der Waals surface area (Å²) in [5, 5.41) is 5.72. The zero-order valence-electron chi connectivity index (χ0n) is 11.4. The van der Waals surface area contributed by atoms with Crippen LogP contribution in [0.1, 0.15) is 5.69 Å². The molecule has 0 unspecified atom stereocenters. The molecule has 0 aliphatic carbocycles. The smallest absolute Gasteiger partial charge is 0.244 e. The predicted molar refractivity (Wildman–Crippen MR) is 83.7 cm³/mol. The van der Waals surface area contributed by atoms with Crippen LogP contribution < -0.4 is 14.8 Å². The average Bonchev–Trinajstić information content (AvgIpc) is 2.93. The minimum Gasteiger partial charge on any atom is -0.495 e. The van der Waals surface area contributed by atoms with E-state index in [1.54, 1.807) is 18.5 Å². The van der Waals surface area contributed by atoms with Crippen LogP contribution in [-0.4, -0.2) is 27.6 Å². The first-order valence-corrected chi connectivity index (χ1v) is 8.65. The van der Waals surface area contributed by atoms with Gasteiger partial charge in [-0.15, -0.1) is 11.3 Å². The van der Waals surface area contributed by atoms with Crippen molar-refractivity contribution in [3.05, 3.63) is 34.3 Å². The van der Waals surface area contributed by atoms with Gasteiger partial charge in [0.2, 0.25) is 10.0 Å². The summed E-state index contributed by atoms with van der Waals surface area (Å²) >= 11 is 7.26. The van der Waals surface area contributed by atoms with E-state index in [0.29, 0.717) is 10.7 Å². The molecule has 2 aromatic rings. The van der Waals surface area contributed by atoms with Gasteiger partial charge in [-0.1, -0.05) is 11.6 Å². The van der Waals surface area contributed by atoms with Crippen molar-refractivity contribution in [3.63, 3.8) is 0 Å². The van der Waals surface area contributed by atoms with E-state index in [9.17, 15) is 8.42 Å². The van der Waals surface area contributed by atoms with Gasteiger partial charge in [0, 0.05) is 17.5 Å². The molecule has 1 aromatic carbocycles. The quantitative estimate of drug-likeness (QED) is 0.838. The van der Waals surface area contributed by atoms with E-state index < -0.39 is 10.0 Å². The van der Waals surface area contributed by atoms with Gasteiger partial charge < -0.3 is 10.1 Å². The molecule has 1 aromatic heterocycles. The Bertz CT molecular complexity index is 731. The second-order valence-electron chi connectivity index (χ2n) is 4.01. The lowest BCUT2D eigenvalue weighted by Crippen LogP contribution is -2.24. The number of benzene rings is 1. The van der Waals surface area contributed by atoms with Crippen molar-refractivity contribution in [2.45, 2.75) is 11.4 Å². The Kier molecular flexibility index (Phi) is 5.04. The van der Waals surface area contributed by atoms with Gasteiger partial charge in [-0.3, -0.25) is 0 Å². The predicted octanol–water partition coefficient (Wildman–Crippen LogP) is 2.33. The van der Waals surface area contributed by atoms with Gasteiger partial charge >= 0.3 is 0 Å². The molecule has 0 bridgehead atoms. The molecule has 0 atom stereocenters. The van der Waals surface area contributed by atoms with Gasteiger partial charge in [0.05, 0.1) is 19.3 Å². The van der Waals surface area contributed by atoms with E-state index in [2.05, 4.69) is 15.0 Å². The SMILES string of the molecule is CNc1nc(CNS(=O)(=O)c2cc(Cl)ccc2OC)cs1. The maximum Gasteiger partial charge on any atom is 0.244 e. The molecule has 9 heteroatoms. The monoisotopic (exact) mass is 347 g/mol. The Hall–Kier alpha value is -1.35. The van der Waals surface area contributed by atoms with Crippen molar-refractivity contribution in [2.75, 3.05) is 19.5 Å². The zero-order valence-corrected chi connectivity index (χ0v) is 13.8. The molecule has 114 valence electrons. The molecule has 21 heavy (non-hydrogen) atoms. The Morgan fingerprint density at radius 1 is 1.43 bits per heavy atom. The van der Waals surface area contributed by atoms with E-state index in [1.165, 1.54) is 30.6 Å². The number of hydrogen-bond donors (Lipinski definition) is 2. The van der Waals surface area contributed by atoms with E-state index in [4.69, 9.17) is 16.3 Å². The van der Waals surface area contributed by atoms with Gasteiger partial charge in [0.15, 0.2) is 5.13 Å². The van der Waals surface area contributed by atoms with Crippen molar-refractivity contribution in [3.8, 4) is 5.75 Å². The summed E-state index contributed by atoms with van der Waals surface area (Å²) in [6.45, 7) is 0.0934. The standard InChI is InChI=1S/C12H14ClN3O3S2/c1-14-12-16-9(7-20-12)6-15-21(17,18)11-5-8(13)3-4-10(11)19-2/h3-5,7,15H,6H2,1-2H3,(H,14,16). The molecular weight excluding hydrogens is 334 g/mol. The molecule has 0 aliphatic heterocycles. The number of rotatable bonds is 6.